The zero-order valence-corrected chi connectivity index (χ0v) is 17.4. The van der Waals surface area contributed by atoms with Gasteiger partial charge in [-0.15, -0.1) is 0 Å². The fourth-order valence-corrected chi connectivity index (χ4v) is 5.13. The van der Waals surface area contributed by atoms with E-state index < -0.39 is 6.04 Å². The Bertz CT molecular complexity index is 675. The third-order valence-electron chi connectivity index (χ3n) is 7.02. The Morgan fingerprint density at radius 1 is 1.04 bits per heavy atom. The van der Waals surface area contributed by atoms with E-state index in [9.17, 15) is 4.79 Å². The molecule has 1 aromatic rings. The zero-order chi connectivity index (χ0) is 19.5. The number of aryl methyl sites for hydroxylation is 2. The molecule has 28 heavy (non-hydrogen) atoms. The largest absolute Gasteiger partial charge is 0.341 e. The first-order valence-electron chi connectivity index (χ1n) is 11.2. The molecule has 2 N–H and O–H groups in total. The molecule has 2 aliphatic heterocycles. The molecule has 1 amide bonds. The van der Waals surface area contributed by atoms with E-state index in [0.717, 1.165) is 52.1 Å². The van der Waals surface area contributed by atoms with Crippen LogP contribution in [0.2, 0.25) is 0 Å². The number of carbonyl (C=O) groups excluding carboxylic acids is 1. The highest BCUT2D eigenvalue weighted by Gasteiger charge is 2.30. The normalized spacial score (nSPS) is 23.4. The number of likely N-dealkylation sites (N-methyl/N-ethyl adjacent to an activating group) is 1. The van der Waals surface area contributed by atoms with Crippen molar-refractivity contribution in [1.29, 1.82) is 0 Å². The highest BCUT2D eigenvalue weighted by Crippen LogP contribution is 2.23. The zero-order valence-electron chi connectivity index (χ0n) is 17.4. The van der Waals surface area contributed by atoms with Gasteiger partial charge in [-0.1, -0.05) is 18.2 Å². The van der Waals surface area contributed by atoms with Crippen LogP contribution >= 0.6 is 0 Å². The van der Waals surface area contributed by atoms with Crippen LogP contribution in [0.15, 0.2) is 18.2 Å². The van der Waals surface area contributed by atoms with Crippen molar-refractivity contribution in [2.24, 2.45) is 5.73 Å². The smallest absolute Gasteiger partial charge is 0.239 e. The number of likely N-dealkylation sites (tertiary alicyclic amines) is 1. The van der Waals surface area contributed by atoms with Gasteiger partial charge in [0.25, 0.3) is 0 Å². The molecule has 0 unspecified atom stereocenters. The van der Waals surface area contributed by atoms with Gasteiger partial charge in [0, 0.05) is 45.3 Å². The van der Waals surface area contributed by atoms with Gasteiger partial charge in [0.1, 0.15) is 0 Å². The number of nitrogens with two attached hydrogens (primary N) is 1. The Morgan fingerprint density at radius 2 is 1.71 bits per heavy atom. The molecule has 1 aromatic carbocycles. The van der Waals surface area contributed by atoms with Crippen LogP contribution in [0.4, 0.5) is 0 Å². The van der Waals surface area contributed by atoms with Gasteiger partial charge in [-0.2, -0.15) is 0 Å². The second-order valence-corrected chi connectivity index (χ2v) is 9.02. The molecule has 5 heteroatoms. The van der Waals surface area contributed by atoms with Crippen LogP contribution in [0.3, 0.4) is 0 Å². The van der Waals surface area contributed by atoms with Gasteiger partial charge in [-0.3, -0.25) is 9.69 Å². The first-order chi connectivity index (χ1) is 13.6. The fraction of sp³-hybridized carbons (Fsp3) is 0.696. The first kappa shape index (κ1) is 19.9. The molecule has 0 saturated carbocycles. The minimum absolute atomic E-state index is 0.134. The lowest BCUT2D eigenvalue weighted by atomic mass is 9.89. The summed E-state index contributed by atoms with van der Waals surface area (Å²) in [4.78, 5) is 19.9. The first-order valence-corrected chi connectivity index (χ1v) is 11.2. The van der Waals surface area contributed by atoms with E-state index in [2.05, 4.69) is 35.0 Å². The molecule has 0 aromatic heterocycles. The van der Waals surface area contributed by atoms with Crippen LogP contribution in [-0.4, -0.2) is 79.0 Å². The predicted octanol–water partition coefficient (Wildman–Crippen LogP) is 1.67. The molecule has 0 bridgehead atoms. The number of amides is 1. The molecule has 2 fully saturated rings. The Kier molecular flexibility index (Phi) is 6.34. The lowest BCUT2D eigenvalue weighted by molar-refractivity contribution is -0.134. The molecule has 1 atom stereocenters. The molecular weight excluding hydrogens is 348 g/mol. The number of hydrogen-bond donors (Lipinski definition) is 1. The number of nitrogens with zero attached hydrogens (tertiary/aromatic N) is 3. The minimum atomic E-state index is -0.415. The summed E-state index contributed by atoms with van der Waals surface area (Å²) in [6.07, 6.45) is 7.78. The molecule has 1 aliphatic carbocycles. The number of rotatable bonds is 4. The van der Waals surface area contributed by atoms with Gasteiger partial charge in [0.15, 0.2) is 0 Å². The summed E-state index contributed by atoms with van der Waals surface area (Å²) in [5.41, 5.74) is 10.5. The number of hydrogen-bond acceptors (Lipinski definition) is 4. The van der Waals surface area contributed by atoms with Crippen molar-refractivity contribution < 1.29 is 4.79 Å². The molecule has 154 valence electrons. The Hall–Kier alpha value is -1.43. The summed E-state index contributed by atoms with van der Waals surface area (Å²) in [6, 6.07) is 6.94. The lowest BCUT2D eigenvalue weighted by Crippen LogP contribution is -2.54. The Labute approximate surface area is 169 Å². The van der Waals surface area contributed by atoms with E-state index in [1.54, 1.807) is 0 Å². The maximum absolute atomic E-state index is 12.9. The van der Waals surface area contributed by atoms with Crippen molar-refractivity contribution in [3.8, 4) is 0 Å². The van der Waals surface area contributed by atoms with E-state index in [-0.39, 0.29) is 5.91 Å². The highest BCUT2D eigenvalue weighted by atomic mass is 16.2. The van der Waals surface area contributed by atoms with Crippen molar-refractivity contribution in [1.82, 2.24) is 14.7 Å². The van der Waals surface area contributed by atoms with Crippen molar-refractivity contribution in [2.75, 3.05) is 46.3 Å². The third kappa shape index (κ3) is 4.58. The van der Waals surface area contributed by atoms with Crippen molar-refractivity contribution in [3.63, 3.8) is 0 Å². The maximum Gasteiger partial charge on any atom is 0.239 e. The topological polar surface area (TPSA) is 52.8 Å². The lowest BCUT2D eigenvalue weighted by Gasteiger charge is -2.42. The summed E-state index contributed by atoms with van der Waals surface area (Å²) < 4.78 is 0. The van der Waals surface area contributed by atoms with E-state index in [0.29, 0.717) is 12.5 Å². The van der Waals surface area contributed by atoms with E-state index in [4.69, 9.17) is 5.73 Å². The quantitative estimate of drug-likeness (QED) is 0.858. The number of piperidine rings is 1. The van der Waals surface area contributed by atoms with Crippen molar-refractivity contribution in [2.45, 2.75) is 57.0 Å². The van der Waals surface area contributed by atoms with Crippen LogP contribution in [0.1, 0.15) is 42.4 Å². The Morgan fingerprint density at radius 3 is 2.43 bits per heavy atom. The predicted molar refractivity (Wildman–Crippen MR) is 113 cm³/mol. The van der Waals surface area contributed by atoms with Gasteiger partial charge in [-0.25, -0.2) is 0 Å². The highest BCUT2D eigenvalue weighted by molar-refractivity contribution is 5.82. The number of piperazine rings is 1. The standard InChI is InChI=1S/C23H36N4O/c1-25-12-14-26(15-13-25)21-8-10-27(11-9-21)23(28)22(24)17-18-6-7-19-4-2-3-5-20(19)16-18/h6-7,16,21-22H,2-5,8-15,17,24H2,1H3/t22-/m1/s1. The van der Waals surface area contributed by atoms with E-state index in [1.165, 1.54) is 42.4 Å². The monoisotopic (exact) mass is 384 g/mol. The van der Waals surface area contributed by atoms with Crippen LogP contribution in [-0.2, 0) is 24.1 Å². The second kappa shape index (κ2) is 8.93. The van der Waals surface area contributed by atoms with E-state index >= 15 is 0 Å². The average Bonchev–Trinajstić information content (AvgIpc) is 2.74. The van der Waals surface area contributed by atoms with Crippen LogP contribution in [0, 0.1) is 0 Å². The average molecular weight is 385 g/mol. The summed E-state index contributed by atoms with van der Waals surface area (Å²) >= 11 is 0. The summed E-state index contributed by atoms with van der Waals surface area (Å²) in [5, 5.41) is 0. The Balaban J connectivity index is 1.28. The number of carbonyl (C=O) groups is 1. The molecule has 2 heterocycles. The van der Waals surface area contributed by atoms with Crippen molar-refractivity contribution in [3.05, 3.63) is 34.9 Å². The van der Waals surface area contributed by atoms with Gasteiger partial charge in [0.2, 0.25) is 5.91 Å². The van der Waals surface area contributed by atoms with Gasteiger partial charge in [-0.05, 0) is 68.7 Å². The molecule has 3 aliphatic rings. The fourth-order valence-electron chi connectivity index (χ4n) is 5.13. The van der Waals surface area contributed by atoms with Crippen LogP contribution in [0.5, 0.6) is 0 Å². The number of benzene rings is 1. The van der Waals surface area contributed by atoms with Crippen LogP contribution < -0.4 is 5.73 Å². The van der Waals surface area contributed by atoms with Gasteiger partial charge in [0.05, 0.1) is 6.04 Å². The molecule has 4 rings (SSSR count). The molecule has 0 radical (unpaired) electrons. The van der Waals surface area contributed by atoms with Crippen LogP contribution in [0.25, 0.3) is 0 Å². The summed E-state index contributed by atoms with van der Waals surface area (Å²) in [6.45, 7) is 6.34. The van der Waals surface area contributed by atoms with Gasteiger partial charge >= 0.3 is 0 Å². The maximum atomic E-state index is 12.9. The molecule has 5 nitrogen and oxygen atoms in total. The number of fused-ring (bicyclic) bond motifs is 1. The molecular formula is C23H36N4O. The SMILES string of the molecule is CN1CCN(C2CCN(C(=O)[C@H](N)Cc3ccc4c(c3)CCCC4)CC2)CC1. The van der Waals surface area contributed by atoms with Gasteiger partial charge < -0.3 is 15.5 Å². The molecule has 0 spiro atoms. The van der Waals surface area contributed by atoms with Crippen molar-refractivity contribution >= 4 is 5.91 Å². The summed E-state index contributed by atoms with van der Waals surface area (Å²) in [5.74, 6) is 0.134. The third-order valence-corrected chi connectivity index (χ3v) is 7.02. The molecule has 2 saturated heterocycles. The minimum Gasteiger partial charge on any atom is -0.341 e. The second-order valence-electron chi connectivity index (χ2n) is 9.02. The van der Waals surface area contributed by atoms with E-state index in [1.807, 2.05) is 4.90 Å². The summed E-state index contributed by atoms with van der Waals surface area (Å²) in [7, 11) is 2.20.